The zero-order chi connectivity index (χ0) is 19.2. The van der Waals surface area contributed by atoms with Gasteiger partial charge >= 0.3 is 5.97 Å². The van der Waals surface area contributed by atoms with Crippen molar-refractivity contribution < 1.29 is 24.5 Å². The van der Waals surface area contributed by atoms with Crippen LogP contribution in [0.3, 0.4) is 0 Å². The van der Waals surface area contributed by atoms with Crippen molar-refractivity contribution in [2.75, 3.05) is 0 Å². The summed E-state index contributed by atoms with van der Waals surface area (Å²) in [6.07, 6.45) is 2.30. The van der Waals surface area contributed by atoms with Gasteiger partial charge in [-0.05, 0) is 23.3 Å². The summed E-state index contributed by atoms with van der Waals surface area (Å²) in [6, 6.07) is 6.33. The standard InChI is InChI=1S/C21H22O5/c1-11(2)18(24)15-10-21(3,4)20-17(19(15)25)14(9-16(23)26-20)12-5-7-13(22)8-6-12/h5-11,20,22,25H,1-4H3. The lowest BCUT2D eigenvalue weighted by atomic mass is 9.71. The Kier molecular flexibility index (Phi) is 4.26. The van der Waals surface area contributed by atoms with E-state index in [1.165, 1.54) is 18.2 Å². The van der Waals surface area contributed by atoms with Crippen LogP contribution in [0, 0.1) is 11.3 Å². The van der Waals surface area contributed by atoms with Gasteiger partial charge in [-0.15, -0.1) is 0 Å². The maximum Gasteiger partial charge on any atom is 0.332 e. The molecule has 26 heavy (non-hydrogen) atoms. The van der Waals surface area contributed by atoms with Gasteiger partial charge in [-0.2, -0.15) is 0 Å². The van der Waals surface area contributed by atoms with E-state index < -0.39 is 17.5 Å². The van der Waals surface area contributed by atoms with Crippen molar-refractivity contribution in [2.45, 2.75) is 33.8 Å². The van der Waals surface area contributed by atoms with Gasteiger partial charge in [0.05, 0.1) is 5.57 Å². The monoisotopic (exact) mass is 354 g/mol. The fourth-order valence-electron chi connectivity index (χ4n) is 3.36. The summed E-state index contributed by atoms with van der Waals surface area (Å²) < 4.78 is 5.50. The first-order valence-electron chi connectivity index (χ1n) is 8.54. The van der Waals surface area contributed by atoms with Gasteiger partial charge in [0.15, 0.2) is 5.78 Å². The summed E-state index contributed by atoms with van der Waals surface area (Å²) in [6.45, 7) is 7.28. The number of esters is 1. The molecule has 0 spiro atoms. The quantitative estimate of drug-likeness (QED) is 0.809. The number of ether oxygens (including phenoxy) is 1. The Morgan fingerprint density at radius 1 is 1.15 bits per heavy atom. The molecule has 0 radical (unpaired) electrons. The molecule has 1 aromatic carbocycles. The van der Waals surface area contributed by atoms with Crippen molar-refractivity contribution in [3.05, 3.63) is 58.9 Å². The number of phenolic OH excluding ortho intramolecular Hbond substituents is 1. The molecular formula is C21H22O5. The highest BCUT2D eigenvalue weighted by atomic mass is 16.5. The van der Waals surface area contributed by atoms with Crippen LogP contribution < -0.4 is 0 Å². The first-order chi connectivity index (χ1) is 12.1. The highest BCUT2D eigenvalue weighted by Crippen LogP contribution is 2.46. The van der Waals surface area contributed by atoms with Gasteiger partial charge in [-0.25, -0.2) is 4.79 Å². The number of benzene rings is 1. The van der Waals surface area contributed by atoms with E-state index in [1.807, 2.05) is 13.8 Å². The van der Waals surface area contributed by atoms with E-state index in [2.05, 4.69) is 0 Å². The number of rotatable bonds is 3. The van der Waals surface area contributed by atoms with Crippen molar-refractivity contribution in [1.82, 2.24) is 0 Å². The summed E-state index contributed by atoms with van der Waals surface area (Å²) in [5.74, 6) is -0.997. The predicted octanol–water partition coefficient (Wildman–Crippen LogP) is 3.70. The van der Waals surface area contributed by atoms with Crippen LogP contribution in [-0.2, 0) is 14.3 Å². The molecule has 1 heterocycles. The summed E-state index contributed by atoms with van der Waals surface area (Å²) in [5, 5.41) is 20.4. The Labute approximate surface area is 152 Å². The molecule has 0 bridgehead atoms. The van der Waals surface area contributed by atoms with Gasteiger partial charge in [-0.3, -0.25) is 4.79 Å². The van der Waals surface area contributed by atoms with Crippen LogP contribution in [0.2, 0.25) is 0 Å². The highest BCUT2D eigenvalue weighted by molar-refractivity contribution is 6.05. The van der Waals surface area contributed by atoms with E-state index in [9.17, 15) is 19.8 Å². The average Bonchev–Trinajstić information content (AvgIpc) is 2.57. The number of aliphatic hydroxyl groups excluding tert-OH is 1. The van der Waals surface area contributed by atoms with Crippen LogP contribution in [0.5, 0.6) is 5.75 Å². The lowest BCUT2D eigenvalue weighted by Crippen LogP contribution is -2.41. The Morgan fingerprint density at radius 3 is 2.35 bits per heavy atom. The van der Waals surface area contributed by atoms with E-state index in [-0.39, 0.29) is 28.8 Å². The molecule has 2 N–H and O–H groups in total. The van der Waals surface area contributed by atoms with Crippen LogP contribution in [0.1, 0.15) is 33.3 Å². The third-order valence-corrected chi connectivity index (χ3v) is 4.72. The van der Waals surface area contributed by atoms with Crippen molar-refractivity contribution in [1.29, 1.82) is 0 Å². The second-order valence-corrected chi connectivity index (χ2v) is 7.58. The van der Waals surface area contributed by atoms with Gasteiger partial charge in [0.1, 0.15) is 17.6 Å². The highest BCUT2D eigenvalue weighted by Gasteiger charge is 2.45. The van der Waals surface area contributed by atoms with E-state index in [0.717, 1.165) is 0 Å². The normalized spacial score (nSPS) is 21.7. The van der Waals surface area contributed by atoms with Crippen molar-refractivity contribution >= 4 is 17.3 Å². The minimum absolute atomic E-state index is 0.0991. The van der Waals surface area contributed by atoms with Gasteiger partial charge in [0, 0.05) is 23.0 Å². The number of phenols is 1. The molecule has 5 nitrogen and oxygen atoms in total. The number of Topliss-reactive ketones (excluding diaryl/α,β-unsaturated/α-hetero) is 1. The SMILES string of the molecule is CC(C)C(=O)C1=CC(C)(C)C2OC(=O)C=C(c3ccc(O)cc3)C2=C1O. The summed E-state index contributed by atoms with van der Waals surface area (Å²) in [5.41, 5.74) is 1.16. The van der Waals surface area contributed by atoms with E-state index >= 15 is 0 Å². The van der Waals surface area contributed by atoms with E-state index in [1.54, 1.807) is 32.1 Å². The van der Waals surface area contributed by atoms with Gasteiger partial charge in [0.2, 0.25) is 0 Å². The zero-order valence-electron chi connectivity index (χ0n) is 15.2. The number of carbonyl (C=O) groups excluding carboxylic acids is 2. The van der Waals surface area contributed by atoms with E-state index in [0.29, 0.717) is 16.7 Å². The maximum atomic E-state index is 12.6. The molecule has 136 valence electrons. The number of hydrogen-bond donors (Lipinski definition) is 2. The number of allylic oxidation sites excluding steroid dienone is 1. The molecule has 0 amide bonds. The molecule has 5 heteroatoms. The van der Waals surface area contributed by atoms with Crippen molar-refractivity contribution in [2.24, 2.45) is 11.3 Å². The number of ketones is 1. The lowest BCUT2D eigenvalue weighted by molar-refractivity contribution is -0.145. The Balaban J connectivity index is 2.22. The molecule has 1 atom stereocenters. The number of fused-ring (bicyclic) bond motifs is 1. The topological polar surface area (TPSA) is 83.8 Å². The molecule has 3 rings (SSSR count). The fourth-order valence-corrected chi connectivity index (χ4v) is 3.36. The molecule has 1 aliphatic carbocycles. The molecule has 0 aromatic heterocycles. The van der Waals surface area contributed by atoms with Crippen molar-refractivity contribution in [3.63, 3.8) is 0 Å². The van der Waals surface area contributed by atoms with Crippen molar-refractivity contribution in [3.8, 4) is 5.75 Å². The molecule has 0 saturated carbocycles. The summed E-state index contributed by atoms with van der Waals surface area (Å²) in [7, 11) is 0. The minimum atomic E-state index is -0.701. The number of hydrogen-bond acceptors (Lipinski definition) is 5. The van der Waals surface area contributed by atoms with Crippen LogP contribution >= 0.6 is 0 Å². The average molecular weight is 354 g/mol. The van der Waals surface area contributed by atoms with Gasteiger partial charge in [0.25, 0.3) is 0 Å². The minimum Gasteiger partial charge on any atom is -0.508 e. The smallest absolute Gasteiger partial charge is 0.332 e. The molecular weight excluding hydrogens is 332 g/mol. The number of aliphatic hydroxyl groups is 1. The third-order valence-electron chi connectivity index (χ3n) is 4.72. The maximum absolute atomic E-state index is 12.6. The molecule has 1 unspecified atom stereocenters. The largest absolute Gasteiger partial charge is 0.508 e. The molecule has 1 aliphatic heterocycles. The first kappa shape index (κ1) is 18.0. The summed E-state index contributed by atoms with van der Waals surface area (Å²) in [4.78, 5) is 24.7. The van der Waals surface area contributed by atoms with Gasteiger partial charge in [-0.1, -0.05) is 45.9 Å². The Morgan fingerprint density at radius 2 is 1.77 bits per heavy atom. The fraction of sp³-hybridized carbons (Fsp3) is 0.333. The molecule has 0 fully saturated rings. The number of carbonyl (C=O) groups is 2. The van der Waals surface area contributed by atoms with Crippen LogP contribution in [-0.4, -0.2) is 28.1 Å². The third kappa shape index (κ3) is 2.94. The second-order valence-electron chi connectivity index (χ2n) is 7.58. The Bertz CT molecular complexity index is 866. The predicted molar refractivity (Wildman–Crippen MR) is 97.3 cm³/mol. The zero-order valence-corrected chi connectivity index (χ0v) is 15.2. The molecule has 1 aromatic rings. The van der Waals surface area contributed by atoms with Crippen LogP contribution in [0.25, 0.3) is 5.57 Å². The molecule has 0 saturated heterocycles. The second kappa shape index (κ2) is 6.16. The van der Waals surface area contributed by atoms with E-state index in [4.69, 9.17) is 4.74 Å². The first-order valence-corrected chi connectivity index (χ1v) is 8.54. The number of aromatic hydroxyl groups is 1. The molecule has 2 aliphatic rings. The summed E-state index contributed by atoms with van der Waals surface area (Å²) >= 11 is 0. The van der Waals surface area contributed by atoms with Gasteiger partial charge < -0.3 is 14.9 Å². The van der Waals surface area contributed by atoms with Crippen LogP contribution in [0.4, 0.5) is 0 Å². The lowest BCUT2D eigenvalue weighted by Gasteiger charge is -2.40. The van der Waals surface area contributed by atoms with Crippen LogP contribution in [0.15, 0.2) is 53.3 Å². The Hall–Kier alpha value is -2.82.